The van der Waals surface area contributed by atoms with E-state index in [-0.39, 0.29) is 36.6 Å². The number of ether oxygens (including phenoxy) is 4. The standard InChI is InChI=1S/C32H42N6O7/c1-8-38(5,31(41)44-21-22-12-10-9-11-13-22)28-26(20-36-19-24(34-35-36)17-33-30(40)45-32(2,3)4)37(29(28)39)18-23-14-15-25(42-6)16-27(23)43-7/h9-16,19,26,28H,8,17-18,20-21H2,1-7H3/p+1. The number of rotatable bonds is 12. The van der Waals surface area contributed by atoms with Gasteiger partial charge in [0.15, 0.2) is 0 Å². The molecule has 3 amide bonds. The van der Waals surface area contributed by atoms with Crippen molar-refractivity contribution in [1.82, 2.24) is 25.2 Å². The van der Waals surface area contributed by atoms with E-state index in [1.807, 2.05) is 49.4 Å². The smallest absolute Gasteiger partial charge is 0.497 e. The summed E-state index contributed by atoms with van der Waals surface area (Å²) in [5, 5.41) is 11.1. The van der Waals surface area contributed by atoms with E-state index in [4.69, 9.17) is 18.9 Å². The normalized spacial score (nSPS) is 17.6. The molecular weight excluding hydrogens is 580 g/mol. The van der Waals surface area contributed by atoms with Crippen LogP contribution in [-0.4, -0.2) is 88.0 Å². The van der Waals surface area contributed by atoms with E-state index in [9.17, 15) is 14.4 Å². The van der Waals surface area contributed by atoms with Gasteiger partial charge in [-0.25, -0.2) is 14.0 Å². The number of hydrogen-bond acceptors (Lipinski definition) is 9. The molecule has 3 unspecified atom stereocenters. The van der Waals surface area contributed by atoms with Gasteiger partial charge in [-0.05, 0) is 45.4 Å². The molecule has 2 heterocycles. The Morgan fingerprint density at radius 2 is 1.80 bits per heavy atom. The van der Waals surface area contributed by atoms with Crippen molar-refractivity contribution in [3.8, 4) is 11.5 Å². The van der Waals surface area contributed by atoms with Crippen molar-refractivity contribution in [1.29, 1.82) is 0 Å². The fourth-order valence-electron chi connectivity index (χ4n) is 5.25. The van der Waals surface area contributed by atoms with E-state index in [1.54, 1.807) is 63.9 Å². The molecule has 1 aromatic heterocycles. The minimum atomic E-state index is -0.727. The zero-order valence-corrected chi connectivity index (χ0v) is 27.0. The minimum Gasteiger partial charge on any atom is -0.497 e. The van der Waals surface area contributed by atoms with E-state index in [2.05, 4.69) is 15.6 Å². The van der Waals surface area contributed by atoms with Gasteiger partial charge in [0.2, 0.25) is 6.04 Å². The molecule has 0 radical (unpaired) electrons. The number of methoxy groups -OCH3 is 2. The van der Waals surface area contributed by atoms with Crippen LogP contribution in [0, 0.1) is 0 Å². The van der Waals surface area contributed by atoms with Crippen LogP contribution in [0.4, 0.5) is 9.59 Å². The van der Waals surface area contributed by atoms with Gasteiger partial charge in [0, 0.05) is 11.6 Å². The van der Waals surface area contributed by atoms with Gasteiger partial charge in [0.25, 0.3) is 5.91 Å². The molecule has 1 fully saturated rings. The van der Waals surface area contributed by atoms with Crippen molar-refractivity contribution in [2.24, 2.45) is 0 Å². The maximum Gasteiger partial charge on any atom is 0.516 e. The Labute approximate surface area is 263 Å². The number of nitrogens with zero attached hydrogens (tertiary/aromatic N) is 5. The third kappa shape index (κ3) is 7.90. The minimum absolute atomic E-state index is 0.100. The molecule has 13 heteroatoms. The highest BCUT2D eigenvalue weighted by Crippen LogP contribution is 2.35. The van der Waals surface area contributed by atoms with Gasteiger partial charge in [-0.2, -0.15) is 4.79 Å². The van der Waals surface area contributed by atoms with Crippen LogP contribution in [0.3, 0.4) is 0 Å². The predicted octanol–water partition coefficient (Wildman–Crippen LogP) is 3.90. The maximum absolute atomic E-state index is 13.9. The number of hydrogen-bond donors (Lipinski definition) is 1. The molecule has 1 aliphatic heterocycles. The molecule has 0 spiro atoms. The first kappa shape index (κ1) is 33.2. The monoisotopic (exact) mass is 623 g/mol. The highest BCUT2D eigenvalue weighted by molar-refractivity contribution is 5.89. The molecule has 13 nitrogen and oxygen atoms in total. The molecule has 1 saturated heterocycles. The molecule has 0 saturated carbocycles. The zero-order valence-electron chi connectivity index (χ0n) is 27.0. The summed E-state index contributed by atoms with van der Waals surface area (Å²) in [6.45, 7) is 8.27. The van der Waals surface area contributed by atoms with E-state index in [0.29, 0.717) is 23.7 Å². The van der Waals surface area contributed by atoms with Crippen molar-refractivity contribution in [3.63, 3.8) is 0 Å². The van der Waals surface area contributed by atoms with E-state index in [1.165, 1.54) is 0 Å². The van der Waals surface area contributed by atoms with Gasteiger partial charge < -0.3 is 29.2 Å². The molecule has 4 rings (SSSR count). The van der Waals surface area contributed by atoms with Gasteiger partial charge in [0.1, 0.15) is 35.4 Å². The molecule has 0 bridgehead atoms. The van der Waals surface area contributed by atoms with E-state index >= 15 is 0 Å². The number of alkyl carbamates (subject to hydrolysis) is 1. The largest absolute Gasteiger partial charge is 0.516 e. The first-order chi connectivity index (χ1) is 21.4. The lowest BCUT2D eigenvalue weighted by molar-refractivity contribution is -0.860. The molecule has 0 aliphatic carbocycles. The van der Waals surface area contributed by atoms with Gasteiger partial charge in [0.05, 0.1) is 53.6 Å². The lowest BCUT2D eigenvalue weighted by Crippen LogP contribution is -2.77. The zero-order chi connectivity index (χ0) is 32.8. The Kier molecular flexibility index (Phi) is 10.3. The van der Waals surface area contributed by atoms with Crippen LogP contribution in [0.5, 0.6) is 11.5 Å². The molecule has 1 N–H and O–H groups in total. The summed E-state index contributed by atoms with van der Waals surface area (Å²) >= 11 is 0. The number of quaternary nitrogens is 1. The topological polar surface area (TPSA) is 134 Å². The number of amides is 3. The number of likely N-dealkylation sites (tertiary alicyclic amines) is 1. The number of benzene rings is 2. The second kappa shape index (κ2) is 14.0. The van der Waals surface area contributed by atoms with Crippen molar-refractivity contribution in [3.05, 3.63) is 71.5 Å². The van der Waals surface area contributed by atoms with Crippen LogP contribution in [0.25, 0.3) is 0 Å². The highest BCUT2D eigenvalue weighted by Gasteiger charge is 2.61. The lowest BCUT2D eigenvalue weighted by Gasteiger charge is -2.52. The summed E-state index contributed by atoms with van der Waals surface area (Å²) < 4.78 is 23.3. The Hall–Kier alpha value is -4.65. The molecular formula is C32H43N6O7+. The molecule has 242 valence electrons. The van der Waals surface area contributed by atoms with Crippen molar-refractivity contribution >= 4 is 18.1 Å². The fraction of sp³-hybridized carbons (Fsp3) is 0.469. The van der Waals surface area contributed by atoms with Crippen LogP contribution in [0.1, 0.15) is 44.5 Å². The number of carbonyl (C=O) groups excluding carboxylic acids is 3. The molecule has 3 atom stereocenters. The SMILES string of the molecule is CC[N+](C)(C(=O)OCc1ccccc1)C1C(=O)N(Cc2ccc(OC)cc2OC)C1Cn1cc(CNC(=O)OC(C)(C)C)nn1. The van der Waals surface area contributed by atoms with Crippen LogP contribution in [0.15, 0.2) is 54.7 Å². The van der Waals surface area contributed by atoms with Crippen LogP contribution in [-0.2, 0) is 40.5 Å². The fourth-order valence-corrected chi connectivity index (χ4v) is 5.25. The lowest BCUT2D eigenvalue weighted by atomic mass is 9.90. The summed E-state index contributed by atoms with van der Waals surface area (Å²) in [6.07, 6.45) is 0.645. The first-order valence-electron chi connectivity index (χ1n) is 14.8. The Morgan fingerprint density at radius 1 is 1.07 bits per heavy atom. The Bertz CT molecular complexity index is 1490. The Balaban J connectivity index is 1.56. The van der Waals surface area contributed by atoms with Gasteiger partial charge in [-0.1, -0.05) is 35.5 Å². The highest BCUT2D eigenvalue weighted by atomic mass is 16.6. The third-order valence-electron chi connectivity index (χ3n) is 7.80. The number of β-lactam (4-membered cyclic amide) rings is 1. The summed E-state index contributed by atoms with van der Waals surface area (Å²) in [5.41, 5.74) is 1.53. The van der Waals surface area contributed by atoms with E-state index in [0.717, 1.165) is 11.1 Å². The molecule has 1 aliphatic rings. The second-order valence-electron chi connectivity index (χ2n) is 12.1. The number of carbonyl (C=O) groups is 3. The van der Waals surface area contributed by atoms with Crippen LogP contribution >= 0.6 is 0 Å². The number of likely N-dealkylation sites (N-methyl/N-ethyl adjacent to an activating group) is 1. The van der Waals surface area contributed by atoms with Crippen LogP contribution < -0.4 is 14.8 Å². The summed E-state index contributed by atoms with van der Waals surface area (Å²) in [7, 11) is 4.86. The Morgan fingerprint density at radius 3 is 2.44 bits per heavy atom. The summed E-state index contributed by atoms with van der Waals surface area (Å²) in [4.78, 5) is 41.3. The number of aromatic nitrogens is 3. The molecule has 3 aromatic rings. The van der Waals surface area contributed by atoms with E-state index < -0.39 is 29.9 Å². The average molecular weight is 624 g/mol. The quantitative estimate of drug-likeness (QED) is 0.236. The summed E-state index contributed by atoms with van der Waals surface area (Å²) in [5.74, 6) is 1.02. The second-order valence-corrected chi connectivity index (χ2v) is 12.1. The molecule has 45 heavy (non-hydrogen) atoms. The first-order valence-corrected chi connectivity index (χ1v) is 14.8. The summed E-state index contributed by atoms with van der Waals surface area (Å²) in [6, 6.07) is 13.7. The molecule has 2 aromatic carbocycles. The van der Waals surface area contributed by atoms with Crippen molar-refractivity contribution in [2.45, 2.75) is 71.6 Å². The van der Waals surface area contributed by atoms with Crippen molar-refractivity contribution in [2.75, 3.05) is 27.8 Å². The van der Waals surface area contributed by atoms with Crippen molar-refractivity contribution < 1.29 is 37.8 Å². The average Bonchev–Trinajstić information content (AvgIpc) is 3.48. The van der Waals surface area contributed by atoms with Gasteiger partial charge in [-0.15, -0.1) is 5.10 Å². The maximum atomic E-state index is 13.9. The van der Waals surface area contributed by atoms with Crippen LogP contribution in [0.2, 0.25) is 0 Å². The predicted molar refractivity (Wildman–Crippen MR) is 164 cm³/mol. The van der Waals surface area contributed by atoms with Gasteiger partial charge >= 0.3 is 12.2 Å². The third-order valence-corrected chi connectivity index (χ3v) is 7.80. The van der Waals surface area contributed by atoms with Gasteiger partial charge in [-0.3, -0.25) is 4.79 Å². The number of nitrogens with one attached hydrogen (secondary N) is 1.